The number of nitro benzene ring substituents is 1. The maximum Gasteiger partial charge on any atom is 0.345 e. The second kappa shape index (κ2) is 11.1. The Morgan fingerprint density at radius 3 is 2.62 bits per heavy atom. The fourth-order valence-electron chi connectivity index (χ4n) is 2.31. The number of hydrogen-bond acceptors (Lipinski definition) is 9. The number of thioether (sulfide) groups is 1. The number of nitro groups is 1. The fraction of sp³-hybridized carbons (Fsp3) is 0.471. The minimum absolute atomic E-state index is 0.0767. The van der Waals surface area contributed by atoms with Gasteiger partial charge in [0.25, 0.3) is 5.69 Å². The van der Waals surface area contributed by atoms with Crippen molar-refractivity contribution in [2.24, 2.45) is 0 Å². The summed E-state index contributed by atoms with van der Waals surface area (Å²) >= 11 is 6.92. The summed E-state index contributed by atoms with van der Waals surface area (Å²) < 4.78 is 15.0. The average molecular weight is 447 g/mol. The first-order chi connectivity index (χ1) is 13.8. The van der Waals surface area contributed by atoms with Gasteiger partial charge in [-0.2, -0.15) is 0 Å². The summed E-state index contributed by atoms with van der Waals surface area (Å²) in [6, 6.07) is 5.47. The van der Waals surface area contributed by atoms with E-state index in [1.807, 2.05) is 0 Å². The van der Waals surface area contributed by atoms with Crippen molar-refractivity contribution in [2.75, 3.05) is 26.9 Å². The summed E-state index contributed by atoms with van der Waals surface area (Å²) in [6.07, 6.45) is 0.0767. The van der Waals surface area contributed by atoms with Crippen LogP contribution in [0.1, 0.15) is 12.0 Å². The van der Waals surface area contributed by atoms with E-state index in [1.165, 1.54) is 31.4 Å². The topological polar surface area (TPSA) is 125 Å². The van der Waals surface area contributed by atoms with E-state index in [2.05, 4.69) is 0 Å². The maximum atomic E-state index is 12.2. The zero-order valence-electron chi connectivity index (χ0n) is 15.4. The number of nitrogens with zero attached hydrogens (tertiary/aromatic N) is 2. The quantitative estimate of drug-likeness (QED) is 0.0948. The van der Waals surface area contributed by atoms with Gasteiger partial charge in [-0.15, -0.1) is 0 Å². The lowest BCUT2D eigenvalue weighted by Crippen LogP contribution is -2.57. The number of rotatable bonds is 11. The van der Waals surface area contributed by atoms with Crippen molar-refractivity contribution in [3.05, 3.63) is 39.9 Å². The van der Waals surface area contributed by atoms with Gasteiger partial charge in [0, 0.05) is 19.2 Å². The molecular weight excluding hydrogens is 428 g/mol. The minimum Gasteiger partial charge on any atom is -0.458 e. The fourth-order valence-corrected chi connectivity index (χ4v) is 3.71. The summed E-state index contributed by atoms with van der Waals surface area (Å²) in [5, 5.41) is 9.76. The van der Waals surface area contributed by atoms with Gasteiger partial charge in [0.1, 0.15) is 13.2 Å². The number of non-ortho nitro benzene ring substituents is 1. The molecule has 1 aromatic rings. The molecule has 1 amide bonds. The molecule has 2 unspecified atom stereocenters. The first kappa shape index (κ1) is 23.1. The predicted molar refractivity (Wildman–Crippen MR) is 103 cm³/mol. The van der Waals surface area contributed by atoms with Crippen LogP contribution in [0.5, 0.6) is 0 Å². The third-order valence-electron chi connectivity index (χ3n) is 3.83. The molecule has 2 rings (SSSR count). The van der Waals surface area contributed by atoms with E-state index in [4.69, 9.17) is 25.8 Å². The molecule has 0 saturated carbocycles. The Balaban J connectivity index is 1.81. The number of methoxy groups -OCH3 is 1. The van der Waals surface area contributed by atoms with Gasteiger partial charge in [-0.3, -0.25) is 19.7 Å². The molecule has 1 aliphatic rings. The molecule has 1 aromatic carbocycles. The Kier molecular flexibility index (Phi) is 8.83. The molecule has 0 aromatic heterocycles. The van der Waals surface area contributed by atoms with E-state index < -0.39 is 21.8 Å². The van der Waals surface area contributed by atoms with Gasteiger partial charge < -0.3 is 19.1 Å². The van der Waals surface area contributed by atoms with Gasteiger partial charge in [0.2, 0.25) is 16.5 Å². The van der Waals surface area contributed by atoms with Gasteiger partial charge in [0.05, 0.1) is 29.9 Å². The van der Waals surface area contributed by atoms with E-state index in [0.29, 0.717) is 12.2 Å². The number of amides is 1. The molecule has 0 radical (unpaired) electrons. The van der Waals surface area contributed by atoms with Gasteiger partial charge in [-0.1, -0.05) is 23.4 Å². The summed E-state index contributed by atoms with van der Waals surface area (Å²) in [5.74, 6) is -1.23. The molecule has 0 N–H and O–H groups in total. The number of likely N-dealkylation sites (tertiary alicyclic amines) is 1. The highest BCUT2D eigenvalue weighted by Crippen LogP contribution is 2.33. The van der Waals surface area contributed by atoms with Crippen LogP contribution >= 0.6 is 23.4 Å². The number of alkyl halides is 1. The smallest absolute Gasteiger partial charge is 0.345 e. The number of ether oxygens (including phenoxy) is 3. The van der Waals surface area contributed by atoms with Crippen molar-refractivity contribution in [1.82, 2.24) is 4.90 Å². The molecule has 158 valence electrons. The van der Waals surface area contributed by atoms with E-state index in [9.17, 15) is 24.5 Å². The molecule has 1 fully saturated rings. The van der Waals surface area contributed by atoms with Crippen LogP contribution in [0.4, 0.5) is 5.69 Å². The number of benzene rings is 1. The largest absolute Gasteiger partial charge is 0.458 e. The van der Waals surface area contributed by atoms with E-state index in [-0.39, 0.29) is 43.0 Å². The Bertz CT molecular complexity index is 760. The molecule has 0 bridgehead atoms. The summed E-state index contributed by atoms with van der Waals surface area (Å²) in [7, 11) is 1.51. The lowest BCUT2D eigenvalue weighted by Gasteiger charge is -2.41. The first-order valence-corrected chi connectivity index (χ1v) is 9.76. The van der Waals surface area contributed by atoms with Gasteiger partial charge in [0.15, 0.2) is 0 Å². The highest BCUT2D eigenvalue weighted by atomic mass is 35.5. The summed E-state index contributed by atoms with van der Waals surface area (Å²) in [6.45, 7) is 0.315. The normalized spacial score (nSPS) is 16.8. The number of β-lactam (4-membered cyclic amide) rings is 1. The van der Waals surface area contributed by atoms with Crippen LogP contribution in [0, 0.1) is 10.1 Å². The third-order valence-corrected chi connectivity index (χ3v) is 5.27. The molecule has 1 aliphatic heterocycles. The van der Waals surface area contributed by atoms with Crippen molar-refractivity contribution >= 4 is 46.0 Å². The van der Waals surface area contributed by atoms with Crippen LogP contribution in [0.15, 0.2) is 24.3 Å². The van der Waals surface area contributed by atoms with Crippen molar-refractivity contribution in [2.45, 2.75) is 23.9 Å². The van der Waals surface area contributed by atoms with Crippen molar-refractivity contribution in [1.29, 1.82) is 0 Å². The molecule has 2 atom stereocenters. The molecule has 10 nitrogen and oxygen atoms in total. The SMILES string of the molecule is COCCOCC(=O)SC1CC(=O)N1C(Cl)C(=O)OCc1ccc([N+](=O)[O-])cc1. The van der Waals surface area contributed by atoms with Gasteiger partial charge in [-0.05, 0) is 17.7 Å². The second-order valence-corrected chi connectivity index (χ2v) is 7.51. The minimum atomic E-state index is -1.38. The maximum absolute atomic E-state index is 12.2. The Morgan fingerprint density at radius 1 is 1.34 bits per heavy atom. The molecule has 1 saturated heterocycles. The van der Waals surface area contributed by atoms with Crippen molar-refractivity contribution < 1.29 is 33.5 Å². The number of carbonyl (C=O) groups excluding carboxylic acids is 3. The Morgan fingerprint density at radius 2 is 2.03 bits per heavy atom. The zero-order valence-corrected chi connectivity index (χ0v) is 17.0. The van der Waals surface area contributed by atoms with Gasteiger partial charge >= 0.3 is 5.97 Å². The van der Waals surface area contributed by atoms with E-state index >= 15 is 0 Å². The molecule has 1 heterocycles. The number of esters is 1. The van der Waals surface area contributed by atoms with Crippen LogP contribution in [0.3, 0.4) is 0 Å². The van der Waals surface area contributed by atoms with Crippen molar-refractivity contribution in [3.8, 4) is 0 Å². The van der Waals surface area contributed by atoms with Crippen LogP contribution in [0.25, 0.3) is 0 Å². The molecule has 0 spiro atoms. The Labute approximate surface area is 175 Å². The highest BCUT2D eigenvalue weighted by molar-refractivity contribution is 8.14. The zero-order chi connectivity index (χ0) is 21.4. The average Bonchev–Trinajstić information content (AvgIpc) is 2.69. The van der Waals surface area contributed by atoms with E-state index in [0.717, 1.165) is 16.7 Å². The van der Waals surface area contributed by atoms with Crippen LogP contribution in [-0.4, -0.2) is 64.6 Å². The number of halogens is 1. The highest BCUT2D eigenvalue weighted by Gasteiger charge is 2.45. The van der Waals surface area contributed by atoms with E-state index in [1.54, 1.807) is 0 Å². The van der Waals surface area contributed by atoms with Gasteiger partial charge in [-0.25, -0.2) is 4.79 Å². The van der Waals surface area contributed by atoms with Crippen LogP contribution in [-0.2, 0) is 35.2 Å². The monoisotopic (exact) mass is 446 g/mol. The molecule has 0 aliphatic carbocycles. The Hall–Kier alpha value is -2.21. The molecule has 29 heavy (non-hydrogen) atoms. The third kappa shape index (κ3) is 6.67. The predicted octanol–water partition coefficient (Wildman–Crippen LogP) is 1.68. The lowest BCUT2D eigenvalue weighted by atomic mass is 10.2. The second-order valence-electron chi connectivity index (χ2n) is 5.86. The first-order valence-electron chi connectivity index (χ1n) is 8.45. The number of carbonyl (C=O) groups is 3. The molecular formula is C17H19ClN2O8S. The summed E-state index contributed by atoms with van der Waals surface area (Å²) in [4.78, 5) is 47.1. The van der Waals surface area contributed by atoms with Crippen molar-refractivity contribution in [3.63, 3.8) is 0 Å². The summed E-state index contributed by atoms with van der Waals surface area (Å²) in [5.41, 5.74) is -0.941. The number of hydrogen-bond donors (Lipinski definition) is 0. The van der Waals surface area contributed by atoms with Crippen LogP contribution < -0.4 is 0 Å². The molecule has 12 heteroatoms. The lowest BCUT2D eigenvalue weighted by molar-refractivity contribution is -0.384. The van der Waals surface area contributed by atoms with Crippen LogP contribution in [0.2, 0.25) is 0 Å². The standard InChI is InChI=1S/C17H19ClN2O8S/c1-26-6-7-27-10-15(22)29-14-8-13(21)19(14)16(18)17(23)28-9-11-2-4-12(5-3-11)20(24)25/h2-5,14,16H,6-10H2,1H3.